The third-order valence-corrected chi connectivity index (χ3v) is 3.28. The average Bonchev–Trinajstić information content (AvgIpc) is 2.46. The molecule has 0 spiro atoms. The fraction of sp³-hybridized carbons (Fsp3) is 0.133. The van der Waals surface area contributed by atoms with Crippen LogP contribution in [0.2, 0.25) is 0 Å². The zero-order chi connectivity index (χ0) is 14.7. The van der Waals surface area contributed by atoms with Gasteiger partial charge in [-0.25, -0.2) is 8.78 Å². The molecule has 1 unspecified atom stereocenters. The molecular weight excluding hydrogens is 286 g/mol. The van der Waals surface area contributed by atoms with Crippen LogP contribution in [0, 0.1) is 11.6 Å². The molecule has 0 radical (unpaired) electrons. The van der Waals surface area contributed by atoms with E-state index in [-0.39, 0.29) is 11.3 Å². The number of Topliss-reactive ketones (excluding diaryl/α,β-unsaturated/α-hetero) is 1. The number of methoxy groups -OCH3 is 1. The number of ketones is 1. The summed E-state index contributed by atoms with van der Waals surface area (Å²) >= 11 is 6.05. The van der Waals surface area contributed by atoms with Crippen LogP contribution in [0.3, 0.4) is 0 Å². The third-order valence-electron chi connectivity index (χ3n) is 2.83. The molecule has 0 fully saturated rings. The van der Waals surface area contributed by atoms with Crippen molar-refractivity contribution in [2.45, 2.75) is 5.38 Å². The van der Waals surface area contributed by atoms with Gasteiger partial charge in [0.25, 0.3) is 0 Å². The average molecular weight is 297 g/mol. The Kier molecular flexibility index (Phi) is 4.35. The highest BCUT2D eigenvalue weighted by Crippen LogP contribution is 2.31. The summed E-state index contributed by atoms with van der Waals surface area (Å²) in [6.07, 6.45) is 0. The topological polar surface area (TPSA) is 26.3 Å². The lowest BCUT2D eigenvalue weighted by molar-refractivity contribution is 0.0980. The second kappa shape index (κ2) is 6.01. The summed E-state index contributed by atoms with van der Waals surface area (Å²) in [5.41, 5.74) is 0.183. The van der Waals surface area contributed by atoms with E-state index in [9.17, 15) is 13.6 Å². The zero-order valence-electron chi connectivity index (χ0n) is 10.6. The largest absolute Gasteiger partial charge is 0.496 e. The summed E-state index contributed by atoms with van der Waals surface area (Å²) in [6.45, 7) is 0. The molecule has 0 aliphatic heterocycles. The first-order valence-electron chi connectivity index (χ1n) is 5.81. The molecule has 2 aromatic carbocycles. The maximum absolute atomic E-state index is 13.8. The molecule has 0 aliphatic carbocycles. The molecular formula is C15H11ClF2O2. The molecule has 0 saturated heterocycles. The van der Waals surface area contributed by atoms with Gasteiger partial charge < -0.3 is 4.74 Å². The Morgan fingerprint density at radius 1 is 1.15 bits per heavy atom. The van der Waals surface area contributed by atoms with Gasteiger partial charge in [0, 0.05) is 0 Å². The summed E-state index contributed by atoms with van der Waals surface area (Å²) in [5, 5.41) is -1.11. The van der Waals surface area contributed by atoms with Crippen molar-refractivity contribution in [3.8, 4) is 5.75 Å². The molecule has 2 nitrogen and oxygen atoms in total. The molecule has 0 heterocycles. The SMILES string of the molecule is COc1cccc(F)c1C(=O)C(Cl)c1ccc(F)cc1. The molecule has 2 aromatic rings. The number of hydrogen-bond donors (Lipinski definition) is 0. The molecule has 0 bridgehead atoms. The fourth-order valence-corrected chi connectivity index (χ4v) is 2.08. The van der Waals surface area contributed by atoms with Gasteiger partial charge in [-0.2, -0.15) is 0 Å². The molecule has 5 heteroatoms. The van der Waals surface area contributed by atoms with E-state index in [0.29, 0.717) is 5.56 Å². The van der Waals surface area contributed by atoms with Gasteiger partial charge in [-0.1, -0.05) is 18.2 Å². The fourth-order valence-electron chi connectivity index (χ4n) is 1.82. The van der Waals surface area contributed by atoms with Crippen LogP contribution in [0.1, 0.15) is 21.3 Å². The van der Waals surface area contributed by atoms with E-state index in [1.165, 1.54) is 43.5 Å². The number of carbonyl (C=O) groups excluding carboxylic acids is 1. The van der Waals surface area contributed by atoms with Crippen LogP contribution in [0.4, 0.5) is 8.78 Å². The van der Waals surface area contributed by atoms with Crippen molar-refractivity contribution in [2.75, 3.05) is 7.11 Å². The van der Waals surface area contributed by atoms with Crippen LogP contribution < -0.4 is 4.74 Å². The summed E-state index contributed by atoms with van der Waals surface area (Å²) in [6, 6.07) is 9.23. The Bertz CT molecular complexity index is 626. The molecule has 0 N–H and O–H groups in total. The first-order valence-corrected chi connectivity index (χ1v) is 6.24. The lowest BCUT2D eigenvalue weighted by Gasteiger charge is -2.12. The smallest absolute Gasteiger partial charge is 0.191 e. The number of carbonyl (C=O) groups is 1. The van der Waals surface area contributed by atoms with Crippen LogP contribution in [0.25, 0.3) is 0 Å². The minimum atomic E-state index is -1.11. The van der Waals surface area contributed by atoms with Gasteiger partial charge in [-0.05, 0) is 29.8 Å². The minimum Gasteiger partial charge on any atom is -0.496 e. The van der Waals surface area contributed by atoms with Crippen LogP contribution in [-0.4, -0.2) is 12.9 Å². The minimum absolute atomic E-state index is 0.114. The molecule has 104 valence electrons. The second-order valence-corrected chi connectivity index (χ2v) is 4.53. The highest BCUT2D eigenvalue weighted by molar-refractivity contribution is 6.34. The van der Waals surface area contributed by atoms with E-state index in [1.54, 1.807) is 0 Å². The summed E-state index contributed by atoms with van der Waals surface area (Å²) in [7, 11) is 1.34. The molecule has 0 aromatic heterocycles. The number of ether oxygens (including phenoxy) is 1. The predicted octanol–water partition coefficient (Wildman–Crippen LogP) is 4.14. The van der Waals surface area contributed by atoms with Crippen molar-refractivity contribution in [2.24, 2.45) is 0 Å². The summed E-state index contributed by atoms with van der Waals surface area (Å²) < 4.78 is 31.6. The number of alkyl halides is 1. The number of halogens is 3. The monoisotopic (exact) mass is 296 g/mol. The number of hydrogen-bond acceptors (Lipinski definition) is 2. The van der Waals surface area contributed by atoms with E-state index in [1.807, 2.05) is 0 Å². The van der Waals surface area contributed by atoms with E-state index >= 15 is 0 Å². The number of benzene rings is 2. The van der Waals surface area contributed by atoms with Crippen LogP contribution in [0.5, 0.6) is 5.75 Å². The standard InChI is InChI=1S/C15H11ClF2O2/c1-20-12-4-2-3-11(18)13(12)15(19)14(16)9-5-7-10(17)8-6-9/h2-8,14H,1H3. The Labute approximate surface area is 119 Å². The Morgan fingerprint density at radius 3 is 2.40 bits per heavy atom. The lowest BCUT2D eigenvalue weighted by atomic mass is 10.0. The maximum Gasteiger partial charge on any atom is 0.191 e. The van der Waals surface area contributed by atoms with Gasteiger partial charge in [0.15, 0.2) is 5.78 Å². The van der Waals surface area contributed by atoms with Crippen molar-refractivity contribution < 1.29 is 18.3 Å². The lowest BCUT2D eigenvalue weighted by Crippen LogP contribution is -2.11. The van der Waals surface area contributed by atoms with Crippen LogP contribution >= 0.6 is 11.6 Å². The zero-order valence-corrected chi connectivity index (χ0v) is 11.3. The molecule has 1 atom stereocenters. The maximum atomic E-state index is 13.8. The number of rotatable bonds is 4. The Balaban J connectivity index is 2.38. The van der Waals surface area contributed by atoms with E-state index < -0.39 is 22.8 Å². The van der Waals surface area contributed by atoms with Crippen molar-refractivity contribution >= 4 is 17.4 Å². The van der Waals surface area contributed by atoms with E-state index in [0.717, 1.165) is 6.07 Å². The predicted molar refractivity (Wildman–Crippen MR) is 72.3 cm³/mol. The normalized spacial score (nSPS) is 12.0. The molecule has 2 rings (SSSR count). The first kappa shape index (κ1) is 14.5. The van der Waals surface area contributed by atoms with Gasteiger partial charge in [0.05, 0.1) is 12.7 Å². The summed E-state index contributed by atoms with van der Waals surface area (Å²) in [4.78, 5) is 12.3. The van der Waals surface area contributed by atoms with Crippen LogP contribution in [-0.2, 0) is 0 Å². The Morgan fingerprint density at radius 2 is 1.80 bits per heavy atom. The van der Waals surface area contributed by atoms with Crippen molar-refractivity contribution in [3.63, 3.8) is 0 Å². The van der Waals surface area contributed by atoms with Gasteiger partial charge in [-0.15, -0.1) is 11.6 Å². The van der Waals surface area contributed by atoms with Gasteiger partial charge in [-0.3, -0.25) is 4.79 Å². The van der Waals surface area contributed by atoms with Gasteiger partial charge in [0.1, 0.15) is 22.8 Å². The van der Waals surface area contributed by atoms with Gasteiger partial charge in [0.2, 0.25) is 0 Å². The second-order valence-electron chi connectivity index (χ2n) is 4.10. The van der Waals surface area contributed by atoms with Crippen LogP contribution in [0.15, 0.2) is 42.5 Å². The molecule has 0 amide bonds. The third kappa shape index (κ3) is 2.80. The highest BCUT2D eigenvalue weighted by atomic mass is 35.5. The van der Waals surface area contributed by atoms with Crippen molar-refractivity contribution in [1.82, 2.24) is 0 Å². The van der Waals surface area contributed by atoms with Crippen molar-refractivity contribution in [3.05, 3.63) is 65.2 Å². The highest BCUT2D eigenvalue weighted by Gasteiger charge is 2.25. The summed E-state index contributed by atoms with van der Waals surface area (Å²) in [5.74, 6) is -1.66. The molecule has 0 saturated carbocycles. The van der Waals surface area contributed by atoms with Crippen molar-refractivity contribution in [1.29, 1.82) is 0 Å². The molecule has 0 aliphatic rings. The Hall–Kier alpha value is -1.94. The van der Waals surface area contributed by atoms with E-state index in [4.69, 9.17) is 16.3 Å². The first-order chi connectivity index (χ1) is 9.54. The molecule has 20 heavy (non-hydrogen) atoms. The quantitative estimate of drug-likeness (QED) is 0.626. The van der Waals surface area contributed by atoms with Gasteiger partial charge >= 0.3 is 0 Å². The van der Waals surface area contributed by atoms with E-state index in [2.05, 4.69) is 0 Å².